The van der Waals surface area contributed by atoms with Crippen LogP contribution in [0.15, 0.2) is 24.3 Å². The molecule has 6 heteroatoms. The molecule has 21 heavy (non-hydrogen) atoms. The predicted octanol–water partition coefficient (Wildman–Crippen LogP) is 1.39. The first-order chi connectivity index (χ1) is 9.60. The molecule has 118 valence electrons. The van der Waals surface area contributed by atoms with Crippen LogP contribution in [0.25, 0.3) is 0 Å². The number of ether oxygens (including phenoxy) is 1. The van der Waals surface area contributed by atoms with Crippen molar-refractivity contribution in [2.45, 2.75) is 31.4 Å². The number of aliphatic hydroxyl groups excluding tert-OH is 1. The molecule has 0 spiro atoms. The summed E-state index contributed by atoms with van der Waals surface area (Å²) in [4.78, 5) is 11.9. The molecule has 0 heterocycles. The van der Waals surface area contributed by atoms with Gasteiger partial charge >= 0.3 is 0 Å². The van der Waals surface area contributed by atoms with Gasteiger partial charge in [0.1, 0.15) is 5.75 Å². The van der Waals surface area contributed by atoms with Crippen LogP contribution in [0.4, 0.5) is 0 Å². The molecule has 4 N–H and O–H groups in total. The molecule has 1 aromatic rings. The zero-order chi connectivity index (χ0) is 14.5. The topological polar surface area (TPSA) is 84.6 Å². The number of nitrogens with two attached hydrogens (primary N) is 1. The van der Waals surface area contributed by atoms with Crippen LogP contribution < -0.4 is 15.8 Å². The molecule has 1 aromatic carbocycles. The fraction of sp³-hybridized carbons (Fsp3) is 0.533. The maximum absolute atomic E-state index is 11.9. The van der Waals surface area contributed by atoms with Crippen molar-refractivity contribution in [1.82, 2.24) is 5.32 Å². The van der Waals surface area contributed by atoms with E-state index in [0.717, 1.165) is 24.8 Å². The molecule has 0 aromatic heterocycles. The first-order valence-electron chi connectivity index (χ1n) is 6.95. The quantitative estimate of drug-likeness (QED) is 0.767. The summed E-state index contributed by atoms with van der Waals surface area (Å²) in [5, 5.41) is 12.9. The van der Waals surface area contributed by atoms with Crippen LogP contribution in [0.3, 0.4) is 0 Å². The highest BCUT2D eigenvalue weighted by molar-refractivity contribution is 5.85. The van der Waals surface area contributed by atoms with Gasteiger partial charge in [0.15, 0.2) is 0 Å². The molecule has 0 radical (unpaired) electrons. The van der Waals surface area contributed by atoms with Gasteiger partial charge in [-0.15, -0.1) is 12.4 Å². The Bertz CT molecular complexity index is 470. The third-order valence-electron chi connectivity index (χ3n) is 3.79. The lowest BCUT2D eigenvalue weighted by Crippen LogP contribution is -2.33. The van der Waals surface area contributed by atoms with E-state index in [1.54, 1.807) is 13.2 Å². The first-order valence-corrected chi connectivity index (χ1v) is 6.95. The van der Waals surface area contributed by atoms with Gasteiger partial charge in [-0.1, -0.05) is 12.1 Å². The van der Waals surface area contributed by atoms with Gasteiger partial charge < -0.3 is 20.9 Å². The molecule has 1 aliphatic carbocycles. The second-order valence-electron chi connectivity index (χ2n) is 5.31. The summed E-state index contributed by atoms with van der Waals surface area (Å²) in [6, 6.07) is 7.34. The Hall–Kier alpha value is -1.30. The summed E-state index contributed by atoms with van der Waals surface area (Å²) in [6.07, 6.45) is 1.74. The van der Waals surface area contributed by atoms with Crippen molar-refractivity contribution in [3.05, 3.63) is 29.8 Å². The summed E-state index contributed by atoms with van der Waals surface area (Å²) in [5.74, 6) is 0.664. The molecule has 3 unspecified atom stereocenters. The number of rotatable bonds is 5. The Morgan fingerprint density at radius 2 is 2.29 bits per heavy atom. The van der Waals surface area contributed by atoms with Gasteiger partial charge in [-0.25, -0.2) is 0 Å². The van der Waals surface area contributed by atoms with Crippen molar-refractivity contribution >= 4 is 18.3 Å². The van der Waals surface area contributed by atoms with Crippen LogP contribution in [0.5, 0.6) is 5.75 Å². The molecule has 1 aliphatic rings. The van der Waals surface area contributed by atoms with Crippen LogP contribution >= 0.6 is 12.4 Å². The maximum Gasteiger partial charge on any atom is 0.223 e. The fourth-order valence-electron chi connectivity index (χ4n) is 2.56. The van der Waals surface area contributed by atoms with E-state index in [-0.39, 0.29) is 36.8 Å². The average Bonchev–Trinajstić information content (AvgIpc) is 2.91. The largest absolute Gasteiger partial charge is 0.497 e. The lowest BCUT2D eigenvalue weighted by atomic mass is 10.1. The minimum absolute atomic E-state index is 0. The van der Waals surface area contributed by atoms with Crippen molar-refractivity contribution in [1.29, 1.82) is 0 Å². The third kappa shape index (κ3) is 4.88. The van der Waals surface area contributed by atoms with Crippen molar-refractivity contribution in [3.63, 3.8) is 0 Å². The van der Waals surface area contributed by atoms with Crippen molar-refractivity contribution in [2.24, 2.45) is 11.7 Å². The van der Waals surface area contributed by atoms with Gasteiger partial charge in [-0.2, -0.15) is 0 Å². The number of hydrogen-bond donors (Lipinski definition) is 3. The molecule has 0 aliphatic heterocycles. The molecule has 1 fully saturated rings. The first kappa shape index (κ1) is 17.8. The fourth-order valence-corrected chi connectivity index (χ4v) is 2.56. The van der Waals surface area contributed by atoms with Gasteiger partial charge in [0, 0.05) is 18.5 Å². The van der Waals surface area contributed by atoms with E-state index in [4.69, 9.17) is 10.5 Å². The Morgan fingerprint density at radius 3 is 2.90 bits per heavy atom. The summed E-state index contributed by atoms with van der Waals surface area (Å²) in [7, 11) is 1.58. The lowest BCUT2D eigenvalue weighted by molar-refractivity contribution is -0.125. The van der Waals surface area contributed by atoms with Crippen molar-refractivity contribution in [2.75, 3.05) is 13.7 Å². The number of halogens is 1. The molecule has 5 nitrogen and oxygen atoms in total. The number of carbonyl (C=O) groups is 1. The summed E-state index contributed by atoms with van der Waals surface area (Å²) in [5.41, 5.74) is 6.53. The highest BCUT2D eigenvalue weighted by Crippen LogP contribution is 2.24. The van der Waals surface area contributed by atoms with E-state index < -0.39 is 6.10 Å². The highest BCUT2D eigenvalue weighted by Gasteiger charge is 2.27. The Kier molecular flexibility index (Phi) is 6.95. The number of aliphatic hydroxyl groups is 1. The van der Waals surface area contributed by atoms with E-state index in [0.29, 0.717) is 5.75 Å². The molecule has 0 saturated heterocycles. The highest BCUT2D eigenvalue weighted by atomic mass is 35.5. The molecular formula is C15H23ClN2O3. The van der Waals surface area contributed by atoms with Gasteiger partial charge in [0.2, 0.25) is 5.91 Å². The maximum atomic E-state index is 11.9. The van der Waals surface area contributed by atoms with Crippen LogP contribution in [-0.4, -0.2) is 30.7 Å². The van der Waals surface area contributed by atoms with E-state index in [1.807, 2.05) is 18.2 Å². The van der Waals surface area contributed by atoms with Crippen LogP contribution in [0, 0.1) is 5.92 Å². The normalized spacial score (nSPS) is 22.2. The zero-order valence-corrected chi connectivity index (χ0v) is 12.9. The molecule has 1 saturated carbocycles. The molecule has 2 rings (SSSR count). The van der Waals surface area contributed by atoms with Gasteiger partial charge in [-0.3, -0.25) is 4.79 Å². The van der Waals surface area contributed by atoms with Gasteiger partial charge in [-0.05, 0) is 37.0 Å². The van der Waals surface area contributed by atoms with Crippen LogP contribution in [0.2, 0.25) is 0 Å². The Morgan fingerprint density at radius 1 is 1.52 bits per heavy atom. The number of carbonyl (C=O) groups excluding carboxylic acids is 1. The number of amides is 1. The molecular weight excluding hydrogens is 292 g/mol. The molecule has 3 atom stereocenters. The van der Waals surface area contributed by atoms with E-state index in [2.05, 4.69) is 5.32 Å². The van der Waals surface area contributed by atoms with Crippen molar-refractivity contribution in [3.8, 4) is 5.75 Å². The second kappa shape index (κ2) is 8.22. The average molecular weight is 315 g/mol. The monoisotopic (exact) mass is 314 g/mol. The molecule has 0 bridgehead atoms. The van der Waals surface area contributed by atoms with Crippen molar-refractivity contribution < 1.29 is 14.6 Å². The molecule has 1 amide bonds. The van der Waals surface area contributed by atoms with E-state index in [9.17, 15) is 9.90 Å². The number of hydrogen-bond acceptors (Lipinski definition) is 4. The number of methoxy groups -OCH3 is 1. The van der Waals surface area contributed by atoms with Crippen LogP contribution in [0.1, 0.15) is 30.9 Å². The van der Waals surface area contributed by atoms with Gasteiger partial charge in [0.25, 0.3) is 0 Å². The minimum Gasteiger partial charge on any atom is -0.497 e. The Labute approximate surface area is 131 Å². The Balaban J connectivity index is 0.00000220. The summed E-state index contributed by atoms with van der Waals surface area (Å²) < 4.78 is 5.11. The number of benzene rings is 1. The van der Waals surface area contributed by atoms with E-state index in [1.165, 1.54) is 0 Å². The number of nitrogens with one attached hydrogen (secondary N) is 1. The zero-order valence-electron chi connectivity index (χ0n) is 12.1. The smallest absolute Gasteiger partial charge is 0.223 e. The minimum atomic E-state index is -0.732. The summed E-state index contributed by atoms with van der Waals surface area (Å²) in [6.45, 7) is 0.206. The van der Waals surface area contributed by atoms with Gasteiger partial charge in [0.05, 0.1) is 13.2 Å². The standard InChI is InChI=1S/C15H22N2O3.ClH/c1-20-13-4-2-3-10(8-13)14(18)9-17-15(19)11-5-6-12(16)7-11;/h2-4,8,11-12,14,18H,5-7,9,16H2,1H3,(H,17,19);1H. The van der Waals surface area contributed by atoms with E-state index >= 15 is 0 Å². The SMILES string of the molecule is COc1cccc(C(O)CNC(=O)C2CCC(N)C2)c1.Cl. The predicted molar refractivity (Wildman–Crippen MR) is 83.5 cm³/mol. The third-order valence-corrected chi connectivity index (χ3v) is 3.79. The second-order valence-corrected chi connectivity index (χ2v) is 5.31. The lowest BCUT2D eigenvalue weighted by Gasteiger charge is -2.15. The van der Waals surface area contributed by atoms with Crippen LogP contribution in [-0.2, 0) is 4.79 Å². The summed E-state index contributed by atoms with van der Waals surface area (Å²) >= 11 is 0.